The Kier molecular flexibility index (Phi) is 4.36. The van der Waals surface area contributed by atoms with Gasteiger partial charge in [0.25, 0.3) is 5.91 Å². The Morgan fingerprint density at radius 2 is 1.77 bits per heavy atom. The Labute approximate surface area is 155 Å². The number of anilines is 1. The molecule has 2 heterocycles. The highest BCUT2D eigenvalue weighted by atomic mass is 32.1. The van der Waals surface area contributed by atoms with Crippen LogP contribution < -0.4 is 4.90 Å². The Morgan fingerprint density at radius 1 is 1.08 bits per heavy atom. The second-order valence-electron chi connectivity index (χ2n) is 6.74. The number of carbonyl (C=O) groups excluding carboxylic acids is 1. The molecule has 1 saturated heterocycles. The number of rotatable bonds is 2. The number of piperazine rings is 1. The number of benzene rings is 2. The zero-order chi connectivity index (χ0) is 18.3. The van der Waals surface area contributed by atoms with Crippen molar-refractivity contribution in [2.24, 2.45) is 0 Å². The van der Waals surface area contributed by atoms with Gasteiger partial charge in [-0.05, 0) is 38.1 Å². The highest BCUT2D eigenvalue weighted by Crippen LogP contribution is 2.30. The fraction of sp³-hybridized carbons (Fsp3) is 0.300. The molecule has 1 amide bonds. The number of halogens is 1. The number of hydrogen-bond acceptors (Lipinski definition) is 4. The molecule has 1 aliphatic heterocycles. The van der Waals surface area contributed by atoms with Crippen molar-refractivity contribution < 1.29 is 9.18 Å². The largest absolute Gasteiger partial charge is 0.345 e. The van der Waals surface area contributed by atoms with Crippen molar-refractivity contribution in [1.82, 2.24) is 9.88 Å². The molecule has 2 aromatic carbocycles. The van der Waals surface area contributed by atoms with E-state index in [1.807, 2.05) is 36.9 Å². The maximum atomic E-state index is 13.9. The number of aryl methyl sites for hydroxylation is 2. The first-order chi connectivity index (χ1) is 12.5. The number of hydrogen-bond donors (Lipinski definition) is 0. The topological polar surface area (TPSA) is 36.4 Å². The monoisotopic (exact) mass is 369 g/mol. The van der Waals surface area contributed by atoms with Gasteiger partial charge in [-0.25, -0.2) is 9.37 Å². The molecular weight excluding hydrogens is 349 g/mol. The summed E-state index contributed by atoms with van der Waals surface area (Å²) in [6, 6.07) is 11.0. The fourth-order valence-corrected chi connectivity index (χ4v) is 4.45. The molecule has 6 heteroatoms. The lowest BCUT2D eigenvalue weighted by Crippen LogP contribution is -2.48. The highest BCUT2D eigenvalue weighted by Gasteiger charge is 2.24. The molecule has 1 fully saturated rings. The van der Waals surface area contributed by atoms with Gasteiger partial charge in [-0.3, -0.25) is 4.79 Å². The predicted octanol–water partition coefficient (Wildman–Crippen LogP) is 4.01. The van der Waals surface area contributed by atoms with E-state index in [-0.39, 0.29) is 11.7 Å². The van der Waals surface area contributed by atoms with Crippen LogP contribution in [-0.2, 0) is 0 Å². The normalized spacial score (nSPS) is 14.9. The highest BCUT2D eigenvalue weighted by molar-refractivity contribution is 7.22. The third-order valence-electron chi connectivity index (χ3n) is 4.66. The molecule has 4 rings (SSSR count). The van der Waals surface area contributed by atoms with Crippen LogP contribution in [0.5, 0.6) is 0 Å². The maximum absolute atomic E-state index is 13.9. The van der Waals surface area contributed by atoms with Gasteiger partial charge in [0.1, 0.15) is 11.3 Å². The van der Waals surface area contributed by atoms with Gasteiger partial charge < -0.3 is 9.80 Å². The number of carbonyl (C=O) groups is 1. The van der Waals surface area contributed by atoms with Crippen molar-refractivity contribution in [1.29, 1.82) is 0 Å². The fourth-order valence-electron chi connectivity index (χ4n) is 3.42. The summed E-state index contributed by atoms with van der Waals surface area (Å²) in [4.78, 5) is 21.3. The molecule has 1 aliphatic rings. The summed E-state index contributed by atoms with van der Waals surface area (Å²) in [5, 5.41) is 0.823. The van der Waals surface area contributed by atoms with Gasteiger partial charge in [0.15, 0.2) is 5.13 Å². The second-order valence-corrected chi connectivity index (χ2v) is 7.75. The van der Waals surface area contributed by atoms with Crippen molar-refractivity contribution in [3.63, 3.8) is 0 Å². The summed E-state index contributed by atoms with van der Waals surface area (Å²) in [5.74, 6) is -0.208. The van der Waals surface area contributed by atoms with Crippen LogP contribution >= 0.6 is 11.3 Å². The molecule has 134 valence electrons. The molecule has 3 aromatic rings. The van der Waals surface area contributed by atoms with Gasteiger partial charge in [-0.1, -0.05) is 34.6 Å². The molecule has 1 aromatic heterocycles. The van der Waals surface area contributed by atoms with Gasteiger partial charge >= 0.3 is 0 Å². The quantitative estimate of drug-likeness (QED) is 0.685. The smallest absolute Gasteiger partial charge is 0.253 e. The first-order valence-electron chi connectivity index (χ1n) is 8.69. The molecule has 4 nitrogen and oxygen atoms in total. The van der Waals surface area contributed by atoms with E-state index in [1.165, 1.54) is 17.4 Å². The Bertz CT molecular complexity index is 956. The van der Waals surface area contributed by atoms with Crippen molar-refractivity contribution in [3.05, 3.63) is 58.9 Å². The Balaban J connectivity index is 1.48. The zero-order valence-corrected chi connectivity index (χ0v) is 15.6. The first kappa shape index (κ1) is 17.0. The van der Waals surface area contributed by atoms with E-state index in [2.05, 4.69) is 16.0 Å². The van der Waals surface area contributed by atoms with E-state index in [1.54, 1.807) is 6.07 Å². The molecule has 0 aliphatic carbocycles. The van der Waals surface area contributed by atoms with Crippen molar-refractivity contribution in [2.75, 3.05) is 31.1 Å². The average Bonchev–Trinajstić information content (AvgIpc) is 3.06. The first-order valence-corrected chi connectivity index (χ1v) is 9.50. The Hall–Kier alpha value is -2.47. The van der Waals surface area contributed by atoms with Crippen LogP contribution in [0.3, 0.4) is 0 Å². The summed E-state index contributed by atoms with van der Waals surface area (Å²) in [7, 11) is 0. The minimum Gasteiger partial charge on any atom is -0.345 e. The van der Waals surface area contributed by atoms with Crippen LogP contribution in [0.2, 0.25) is 0 Å². The van der Waals surface area contributed by atoms with E-state index >= 15 is 0 Å². The predicted molar refractivity (Wildman–Crippen MR) is 104 cm³/mol. The molecule has 0 radical (unpaired) electrons. The third kappa shape index (κ3) is 3.17. The maximum Gasteiger partial charge on any atom is 0.253 e. The molecule has 0 atom stereocenters. The van der Waals surface area contributed by atoms with Crippen molar-refractivity contribution in [2.45, 2.75) is 13.8 Å². The number of fused-ring (bicyclic) bond motifs is 1. The average molecular weight is 369 g/mol. The van der Waals surface area contributed by atoms with Gasteiger partial charge in [0, 0.05) is 31.7 Å². The number of thiazole rings is 1. The second kappa shape index (κ2) is 6.68. The minimum absolute atomic E-state index is 0.0757. The van der Waals surface area contributed by atoms with E-state index in [0.717, 1.165) is 26.5 Å². The summed E-state index contributed by atoms with van der Waals surface area (Å²) in [6.07, 6.45) is 0. The summed E-state index contributed by atoms with van der Waals surface area (Å²) < 4.78 is 14.7. The lowest BCUT2D eigenvalue weighted by atomic mass is 10.1. The number of aromatic nitrogens is 1. The van der Waals surface area contributed by atoms with Crippen LogP contribution in [0, 0.1) is 19.7 Å². The number of nitrogens with zero attached hydrogens (tertiary/aromatic N) is 3. The molecular formula is C20H20FN3OS. The van der Waals surface area contributed by atoms with Crippen molar-refractivity contribution >= 4 is 32.6 Å². The molecule has 26 heavy (non-hydrogen) atoms. The van der Waals surface area contributed by atoms with Crippen LogP contribution in [0.25, 0.3) is 10.2 Å². The standard InChI is InChI=1S/C20H20FN3OS/c1-13-10-14(2)12-15(11-13)19(25)23-6-8-24(9-7-23)20-22-18-16(21)4-3-5-17(18)26-20/h3-5,10-12H,6-9H2,1-2H3. The van der Waals surface area contributed by atoms with Gasteiger partial charge in [0.05, 0.1) is 4.70 Å². The van der Waals surface area contributed by atoms with E-state index in [9.17, 15) is 9.18 Å². The van der Waals surface area contributed by atoms with E-state index < -0.39 is 0 Å². The van der Waals surface area contributed by atoms with Gasteiger partial charge in [-0.15, -0.1) is 0 Å². The summed E-state index contributed by atoms with van der Waals surface area (Å²) >= 11 is 1.50. The number of para-hydroxylation sites is 1. The Morgan fingerprint density at radius 3 is 2.42 bits per heavy atom. The SMILES string of the molecule is Cc1cc(C)cc(C(=O)N2CCN(c3nc4c(F)cccc4s3)CC2)c1. The molecule has 0 saturated carbocycles. The van der Waals surface area contributed by atoms with Crippen LogP contribution in [-0.4, -0.2) is 42.0 Å². The van der Waals surface area contributed by atoms with E-state index in [4.69, 9.17) is 0 Å². The molecule has 0 bridgehead atoms. The third-order valence-corrected chi connectivity index (χ3v) is 5.75. The van der Waals surface area contributed by atoms with Crippen molar-refractivity contribution in [3.8, 4) is 0 Å². The van der Waals surface area contributed by atoms with E-state index in [0.29, 0.717) is 31.7 Å². The number of amides is 1. The summed E-state index contributed by atoms with van der Waals surface area (Å²) in [5.41, 5.74) is 3.38. The zero-order valence-electron chi connectivity index (χ0n) is 14.8. The molecule has 0 spiro atoms. The van der Waals surface area contributed by atoms with Gasteiger partial charge in [-0.2, -0.15) is 0 Å². The van der Waals surface area contributed by atoms with Crippen LogP contribution in [0.1, 0.15) is 21.5 Å². The van der Waals surface area contributed by atoms with Gasteiger partial charge in [0.2, 0.25) is 0 Å². The lowest BCUT2D eigenvalue weighted by molar-refractivity contribution is 0.0746. The van der Waals surface area contributed by atoms with Crippen LogP contribution in [0.15, 0.2) is 36.4 Å². The molecule has 0 unspecified atom stereocenters. The lowest BCUT2D eigenvalue weighted by Gasteiger charge is -2.34. The van der Waals surface area contributed by atoms with Crippen LogP contribution in [0.4, 0.5) is 9.52 Å². The molecule has 0 N–H and O–H groups in total. The summed E-state index contributed by atoms with van der Waals surface area (Å²) in [6.45, 7) is 6.71. The minimum atomic E-state index is -0.284.